The monoisotopic (exact) mass is 242 g/mol. The summed E-state index contributed by atoms with van der Waals surface area (Å²) >= 11 is 0. The van der Waals surface area contributed by atoms with Crippen LogP contribution in [0, 0.1) is 5.92 Å². The lowest BCUT2D eigenvalue weighted by atomic mass is 10.1. The average Bonchev–Trinajstić information content (AvgIpc) is 3.15. The Morgan fingerprint density at radius 2 is 2.28 bits per heavy atom. The van der Waals surface area contributed by atoms with E-state index in [1.807, 2.05) is 18.3 Å². The van der Waals surface area contributed by atoms with E-state index in [-0.39, 0.29) is 6.10 Å². The van der Waals surface area contributed by atoms with Crippen LogP contribution in [0.4, 0.5) is 0 Å². The zero-order valence-electron chi connectivity index (χ0n) is 10.4. The summed E-state index contributed by atoms with van der Waals surface area (Å²) in [6, 6.07) is 6.09. The van der Waals surface area contributed by atoms with Crippen LogP contribution in [0.2, 0.25) is 0 Å². The topological polar surface area (TPSA) is 38.0 Å². The van der Waals surface area contributed by atoms with Crippen molar-refractivity contribution >= 4 is 0 Å². The lowest BCUT2D eigenvalue weighted by Gasteiger charge is -2.06. The Bertz CT molecular complexity index is 502. The lowest BCUT2D eigenvalue weighted by Crippen LogP contribution is -2.00. The molecule has 2 heterocycles. The summed E-state index contributed by atoms with van der Waals surface area (Å²) in [5.41, 5.74) is 2.30. The van der Waals surface area contributed by atoms with E-state index in [0.717, 1.165) is 18.5 Å². The fourth-order valence-corrected chi connectivity index (χ4v) is 2.26. The summed E-state index contributed by atoms with van der Waals surface area (Å²) < 4.78 is 2.15. The molecule has 3 nitrogen and oxygen atoms in total. The van der Waals surface area contributed by atoms with Crippen LogP contribution in [0.3, 0.4) is 0 Å². The number of aliphatic hydroxyl groups is 1. The van der Waals surface area contributed by atoms with Crippen LogP contribution in [0.1, 0.15) is 30.1 Å². The summed E-state index contributed by atoms with van der Waals surface area (Å²) in [4.78, 5) is 4.11. The van der Waals surface area contributed by atoms with Crippen LogP contribution >= 0.6 is 0 Å². The molecule has 1 atom stereocenters. The molecule has 0 amide bonds. The smallest absolute Gasteiger partial charge is 0.0832 e. The van der Waals surface area contributed by atoms with Gasteiger partial charge >= 0.3 is 0 Å². The van der Waals surface area contributed by atoms with Crippen molar-refractivity contribution in [1.82, 2.24) is 9.55 Å². The molecule has 1 unspecified atom stereocenters. The third kappa shape index (κ3) is 2.62. The van der Waals surface area contributed by atoms with E-state index in [4.69, 9.17) is 0 Å². The van der Waals surface area contributed by atoms with Crippen LogP contribution in [0.25, 0.3) is 0 Å². The Hall–Kier alpha value is -1.61. The maximum Gasteiger partial charge on any atom is 0.0832 e. The van der Waals surface area contributed by atoms with Crippen LogP contribution < -0.4 is 0 Å². The Kier molecular flexibility index (Phi) is 3.15. The molecule has 1 N–H and O–H groups in total. The quantitative estimate of drug-likeness (QED) is 0.875. The highest BCUT2D eigenvalue weighted by atomic mass is 16.3. The molecule has 0 bridgehead atoms. The molecule has 1 aliphatic carbocycles. The van der Waals surface area contributed by atoms with Crippen molar-refractivity contribution in [3.05, 3.63) is 54.1 Å². The van der Waals surface area contributed by atoms with Crippen molar-refractivity contribution in [3.8, 4) is 0 Å². The molecule has 0 aliphatic heterocycles. The van der Waals surface area contributed by atoms with Gasteiger partial charge < -0.3 is 9.67 Å². The first-order chi connectivity index (χ1) is 8.83. The number of aryl methyl sites for hydroxylation is 2. The highest BCUT2D eigenvalue weighted by Crippen LogP contribution is 2.40. The maximum absolute atomic E-state index is 10.0. The maximum atomic E-state index is 10.0. The summed E-state index contributed by atoms with van der Waals surface area (Å²) in [6.07, 6.45) is 10.9. The van der Waals surface area contributed by atoms with Gasteiger partial charge in [-0.15, -0.1) is 0 Å². The number of pyridine rings is 1. The predicted molar refractivity (Wildman–Crippen MR) is 70.1 cm³/mol. The molecule has 0 spiro atoms. The second kappa shape index (κ2) is 4.94. The molecule has 0 saturated heterocycles. The summed E-state index contributed by atoms with van der Waals surface area (Å²) in [5, 5.41) is 10.0. The van der Waals surface area contributed by atoms with E-state index in [9.17, 15) is 5.11 Å². The van der Waals surface area contributed by atoms with Crippen molar-refractivity contribution in [1.29, 1.82) is 0 Å². The van der Waals surface area contributed by atoms with Crippen molar-refractivity contribution < 1.29 is 5.11 Å². The van der Waals surface area contributed by atoms with Crippen molar-refractivity contribution in [2.75, 3.05) is 0 Å². The van der Waals surface area contributed by atoms with Gasteiger partial charge in [0.15, 0.2) is 0 Å². The van der Waals surface area contributed by atoms with E-state index in [0.29, 0.717) is 5.92 Å². The van der Waals surface area contributed by atoms with E-state index < -0.39 is 0 Å². The first-order valence-electron chi connectivity index (χ1n) is 6.55. The molecule has 0 aromatic carbocycles. The van der Waals surface area contributed by atoms with E-state index >= 15 is 0 Å². The van der Waals surface area contributed by atoms with Crippen LogP contribution in [0.5, 0.6) is 0 Å². The first-order valence-corrected chi connectivity index (χ1v) is 6.55. The molecule has 0 radical (unpaired) electrons. The van der Waals surface area contributed by atoms with Gasteiger partial charge in [0.25, 0.3) is 0 Å². The molecule has 1 fully saturated rings. The van der Waals surface area contributed by atoms with Gasteiger partial charge in [0, 0.05) is 31.3 Å². The van der Waals surface area contributed by atoms with Crippen LogP contribution in [0.15, 0.2) is 43.0 Å². The Morgan fingerprint density at radius 3 is 3.00 bits per heavy atom. The molecule has 3 heteroatoms. The number of aliphatic hydroxyl groups excluding tert-OH is 1. The fourth-order valence-electron chi connectivity index (χ4n) is 2.26. The number of nitrogens with zero attached hydrogens (tertiary/aromatic N) is 2. The molecule has 3 rings (SSSR count). The number of hydrogen-bond donors (Lipinski definition) is 1. The van der Waals surface area contributed by atoms with Crippen molar-refractivity contribution in [2.45, 2.75) is 31.9 Å². The second-order valence-electron chi connectivity index (χ2n) is 5.08. The van der Waals surface area contributed by atoms with Gasteiger partial charge in [0.05, 0.1) is 6.10 Å². The van der Waals surface area contributed by atoms with Crippen molar-refractivity contribution in [3.63, 3.8) is 0 Å². The SMILES string of the molecule is OC(c1ccn(CCc2cccnc2)c1)C1CC1. The Morgan fingerprint density at radius 1 is 1.39 bits per heavy atom. The Labute approximate surface area is 107 Å². The molecule has 94 valence electrons. The standard InChI is InChI=1S/C15H18N2O/c18-15(13-3-4-13)14-6-9-17(11-14)8-5-12-2-1-7-16-10-12/h1-2,6-7,9-11,13,15,18H,3-5,8H2. The minimum absolute atomic E-state index is 0.260. The molecule has 2 aromatic rings. The van der Waals surface area contributed by atoms with E-state index in [1.54, 1.807) is 6.20 Å². The summed E-state index contributed by atoms with van der Waals surface area (Å²) in [7, 11) is 0. The predicted octanol–water partition coefficient (Wildman–Crippen LogP) is 2.57. The molecular weight excluding hydrogens is 224 g/mol. The normalized spacial score (nSPS) is 16.7. The van der Waals surface area contributed by atoms with Gasteiger partial charge in [-0.2, -0.15) is 0 Å². The Balaban J connectivity index is 1.60. The summed E-state index contributed by atoms with van der Waals surface area (Å²) in [6.45, 7) is 0.934. The van der Waals surface area contributed by atoms with Gasteiger partial charge in [-0.05, 0) is 48.4 Å². The second-order valence-corrected chi connectivity index (χ2v) is 5.08. The lowest BCUT2D eigenvalue weighted by molar-refractivity contribution is 0.154. The average molecular weight is 242 g/mol. The van der Waals surface area contributed by atoms with E-state index in [2.05, 4.69) is 28.0 Å². The van der Waals surface area contributed by atoms with Gasteiger partial charge in [-0.1, -0.05) is 6.07 Å². The molecule has 1 saturated carbocycles. The van der Waals surface area contributed by atoms with Gasteiger partial charge in [0.1, 0.15) is 0 Å². The van der Waals surface area contributed by atoms with Crippen LogP contribution in [-0.2, 0) is 13.0 Å². The van der Waals surface area contributed by atoms with Gasteiger partial charge in [-0.3, -0.25) is 4.98 Å². The molecular formula is C15H18N2O. The third-order valence-electron chi connectivity index (χ3n) is 3.56. The minimum Gasteiger partial charge on any atom is -0.388 e. The van der Waals surface area contributed by atoms with Crippen molar-refractivity contribution in [2.24, 2.45) is 5.92 Å². The zero-order chi connectivity index (χ0) is 12.4. The number of aromatic nitrogens is 2. The van der Waals surface area contributed by atoms with E-state index in [1.165, 1.54) is 18.4 Å². The minimum atomic E-state index is -0.260. The third-order valence-corrected chi connectivity index (χ3v) is 3.56. The highest BCUT2D eigenvalue weighted by Gasteiger charge is 2.31. The molecule has 2 aromatic heterocycles. The first kappa shape index (κ1) is 11.5. The van der Waals surface area contributed by atoms with Gasteiger partial charge in [-0.25, -0.2) is 0 Å². The van der Waals surface area contributed by atoms with Gasteiger partial charge in [0.2, 0.25) is 0 Å². The highest BCUT2D eigenvalue weighted by molar-refractivity contribution is 5.16. The zero-order valence-corrected chi connectivity index (χ0v) is 10.4. The summed E-state index contributed by atoms with van der Waals surface area (Å²) in [5.74, 6) is 0.499. The molecule has 1 aliphatic rings. The fraction of sp³-hybridized carbons (Fsp3) is 0.400. The number of rotatable bonds is 5. The molecule has 18 heavy (non-hydrogen) atoms. The number of hydrogen-bond acceptors (Lipinski definition) is 2. The largest absolute Gasteiger partial charge is 0.388 e. The van der Waals surface area contributed by atoms with Crippen LogP contribution in [-0.4, -0.2) is 14.7 Å².